The highest BCUT2D eigenvalue weighted by molar-refractivity contribution is 7.92. The van der Waals surface area contributed by atoms with Crippen molar-refractivity contribution in [3.8, 4) is 0 Å². The third-order valence-corrected chi connectivity index (χ3v) is 3.84. The number of hydrogen-bond donors (Lipinski definition) is 1. The second-order valence-electron chi connectivity index (χ2n) is 3.61. The first kappa shape index (κ1) is 15.1. The first-order valence-corrected chi connectivity index (χ1v) is 7.06. The summed E-state index contributed by atoms with van der Waals surface area (Å²) in [5.74, 6) is -0.156. The summed E-state index contributed by atoms with van der Waals surface area (Å²) in [6.45, 7) is 1.65. The van der Waals surface area contributed by atoms with Crippen LogP contribution in [0.25, 0.3) is 0 Å². The van der Waals surface area contributed by atoms with Gasteiger partial charge in [-0.3, -0.25) is 4.72 Å². The molecule has 1 aromatic carbocycles. The zero-order valence-corrected chi connectivity index (χ0v) is 11.0. The Morgan fingerprint density at radius 1 is 1.33 bits per heavy atom. The van der Waals surface area contributed by atoms with Crippen molar-refractivity contribution >= 4 is 27.3 Å². The molecule has 0 saturated carbocycles. The van der Waals surface area contributed by atoms with Crippen LogP contribution in [0.4, 0.5) is 18.9 Å². The zero-order valence-electron chi connectivity index (χ0n) is 9.38. The van der Waals surface area contributed by atoms with Crippen LogP contribution in [0.2, 0.25) is 5.02 Å². The largest absolute Gasteiger partial charge is 0.417 e. The number of halogens is 4. The number of anilines is 1. The molecule has 0 amide bonds. The van der Waals surface area contributed by atoms with Gasteiger partial charge >= 0.3 is 6.18 Å². The summed E-state index contributed by atoms with van der Waals surface area (Å²) < 4.78 is 62.6. The minimum Gasteiger partial charge on any atom is -0.284 e. The summed E-state index contributed by atoms with van der Waals surface area (Å²) in [4.78, 5) is 0. The van der Waals surface area contributed by atoms with E-state index in [1.807, 2.05) is 0 Å². The summed E-state index contributed by atoms with van der Waals surface area (Å²) in [6.07, 6.45) is -4.25. The Labute approximate surface area is 108 Å². The average molecular weight is 302 g/mol. The molecule has 1 aromatic rings. The monoisotopic (exact) mass is 301 g/mol. The van der Waals surface area contributed by atoms with Crippen molar-refractivity contribution in [2.75, 3.05) is 10.5 Å². The molecule has 102 valence electrons. The molecule has 8 heteroatoms. The molecule has 1 rings (SSSR count). The van der Waals surface area contributed by atoms with Gasteiger partial charge in [-0.05, 0) is 24.6 Å². The maximum atomic E-state index is 12.5. The van der Waals surface area contributed by atoms with E-state index in [-0.39, 0.29) is 11.4 Å². The van der Waals surface area contributed by atoms with E-state index in [0.29, 0.717) is 12.5 Å². The Kier molecular flexibility index (Phi) is 4.50. The molecule has 0 aromatic heterocycles. The smallest absolute Gasteiger partial charge is 0.284 e. The highest BCUT2D eigenvalue weighted by Crippen LogP contribution is 2.36. The Morgan fingerprint density at radius 2 is 1.94 bits per heavy atom. The Balaban J connectivity index is 3.07. The van der Waals surface area contributed by atoms with Gasteiger partial charge in [0.2, 0.25) is 10.0 Å². The van der Waals surface area contributed by atoms with E-state index in [0.717, 1.165) is 6.07 Å². The van der Waals surface area contributed by atoms with E-state index in [9.17, 15) is 21.6 Å². The standard InChI is InChI=1S/C10H11ClF3NO2S/c1-2-5-18(16,17)15-7-3-4-9(11)8(6-7)10(12,13)14/h3-4,6,15H,2,5H2,1H3. The Bertz CT molecular complexity index is 528. The minimum absolute atomic E-state index is 0.153. The van der Waals surface area contributed by atoms with Crippen molar-refractivity contribution in [3.05, 3.63) is 28.8 Å². The van der Waals surface area contributed by atoms with Gasteiger partial charge in [0.05, 0.1) is 16.3 Å². The lowest BCUT2D eigenvalue weighted by atomic mass is 10.2. The van der Waals surface area contributed by atoms with Crippen molar-refractivity contribution < 1.29 is 21.6 Å². The predicted molar refractivity (Wildman–Crippen MR) is 64.2 cm³/mol. The first-order chi connectivity index (χ1) is 8.15. The number of rotatable bonds is 4. The van der Waals surface area contributed by atoms with Gasteiger partial charge in [-0.2, -0.15) is 13.2 Å². The third kappa shape index (κ3) is 4.06. The van der Waals surface area contributed by atoms with Gasteiger partial charge in [0.25, 0.3) is 0 Å². The number of nitrogens with one attached hydrogen (secondary N) is 1. The molecule has 0 heterocycles. The van der Waals surface area contributed by atoms with Gasteiger partial charge in [0.15, 0.2) is 0 Å². The molecule has 0 aliphatic rings. The molecule has 18 heavy (non-hydrogen) atoms. The molecule has 0 atom stereocenters. The topological polar surface area (TPSA) is 46.2 Å². The quantitative estimate of drug-likeness (QED) is 0.925. The summed E-state index contributed by atoms with van der Waals surface area (Å²) in [5.41, 5.74) is -1.22. The number of alkyl halides is 3. The second kappa shape index (κ2) is 5.36. The van der Waals surface area contributed by atoms with Gasteiger partial charge in [-0.15, -0.1) is 0 Å². The first-order valence-electron chi connectivity index (χ1n) is 5.03. The molecule has 0 bridgehead atoms. The van der Waals surface area contributed by atoms with Crippen LogP contribution in [-0.2, 0) is 16.2 Å². The van der Waals surface area contributed by atoms with E-state index in [1.54, 1.807) is 6.92 Å². The number of sulfonamides is 1. The van der Waals surface area contributed by atoms with Crippen molar-refractivity contribution in [2.45, 2.75) is 19.5 Å². The molecular weight excluding hydrogens is 291 g/mol. The highest BCUT2D eigenvalue weighted by Gasteiger charge is 2.33. The molecule has 1 N–H and O–H groups in total. The van der Waals surface area contributed by atoms with E-state index in [2.05, 4.69) is 4.72 Å². The van der Waals surface area contributed by atoms with Crippen molar-refractivity contribution in [3.63, 3.8) is 0 Å². The normalized spacial score (nSPS) is 12.5. The van der Waals surface area contributed by atoms with Gasteiger partial charge in [0.1, 0.15) is 0 Å². The molecule has 0 spiro atoms. The summed E-state index contributed by atoms with van der Waals surface area (Å²) >= 11 is 5.42. The minimum atomic E-state index is -4.62. The van der Waals surface area contributed by atoms with Crippen molar-refractivity contribution in [1.82, 2.24) is 0 Å². The van der Waals surface area contributed by atoms with Crippen LogP contribution in [0, 0.1) is 0 Å². The van der Waals surface area contributed by atoms with Crippen LogP contribution in [0.3, 0.4) is 0 Å². The fourth-order valence-electron chi connectivity index (χ4n) is 1.31. The maximum absolute atomic E-state index is 12.5. The summed E-state index contributed by atoms with van der Waals surface area (Å²) in [7, 11) is -3.62. The van der Waals surface area contributed by atoms with E-state index in [1.165, 1.54) is 6.07 Å². The fraction of sp³-hybridized carbons (Fsp3) is 0.400. The van der Waals surface area contributed by atoms with Gasteiger partial charge < -0.3 is 0 Å². The molecular formula is C10H11ClF3NO2S. The Hall–Kier alpha value is -0.950. The van der Waals surface area contributed by atoms with Crippen LogP contribution in [0.5, 0.6) is 0 Å². The lowest BCUT2D eigenvalue weighted by molar-refractivity contribution is -0.137. The highest BCUT2D eigenvalue weighted by atomic mass is 35.5. The molecule has 0 saturated heterocycles. The lowest BCUT2D eigenvalue weighted by Crippen LogP contribution is -2.16. The van der Waals surface area contributed by atoms with Crippen LogP contribution >= 0.6 is 11.6 Å². The molecule has 0 unspecified atom stereocenters. The third-order valence-electron chi connectivity index (χ3n) is 2.02. The van der Waals surface area contributed by atoms with Crippen molar-refractivity contribution in [1.29, 1.82) is 0 Å². The van der Waals surface area contributed by atoms with Crippen LogP contribution in [0.15, 0.2) is 18.2 Å². The lowest BCUT2D eigenvalue weighted by Gasteiger charge is -2.12. The molecule has 0 fully saturated rings. The van der Waals surface area contributed by atoms with Gasteiger partial charge in [0, 0.05) is 5.69 Å². The zero-order chi connectivity index (χ0) is 14.0. The summed E-state index contributed by atoms with van der Waals surface area (Å²) in [6, 6.07) is 2.87. The number of benzene rings is 1. The predicted octanol–water partition coefficient (Wildman–Crippen LogP) is 3.51. The summed E-state index contributed by atoms with van der Waals surface area (Å²) in [5, 5.41) is -0.471. The average Bonchev–Trinajstić information content (AvgIpc) is 2.18. The molecule has 3 nitrogen and oxygen atoms in total. The van der Waals surface area contributed by atoms with E-state index >= 15 is 0 Å². The van der Waals surface area contributed by atoms with Gasteiger partial charge in [-0.1, -0.05) is 18.5 Å². The van der Waals surface area contributed by atoms with Crippen LogP contribution in [-0.4, -0.2) is 14.2 Å². The molecule has 0 aliphatic carbocycles. The van der Waals surface area contributed by atoms with Gasteiger partial charge in [-0.25, -0.2) is 8.42 Å². The van der Waals surface area contributed by atoms with E-state index in [4.69, 9.17) is 11.6 Å². The van der Waals surface area contributed by atoms with E-state index < -0.39 is 26.8 Å². The van der Waals surface area contributed by atoms with Crippen molar-refractivity contribution in [2.24, 2.45) is 0 Å². The maximum Gasteiger partial charge on any atom is 0.417 e. The molecule has 0 aliphatic heterocycles. The number of hydrogen-bond acceptors (Lipinski definition) is 2. The van der Waals surface area contributed by atoms with Crippen LogP contribution in [0.1, 0.15) is 18.9 Å². The molecule has 0 radical (unpaired) electrons. The fourth-order valence-corrected chi connectivity index (χ4v) is 2.66. The second-order valence-corrected chi connectivity index (χ2v) is 5.86. The Morgan fingerprint density at radius 3 is 2.44 bits per heavy atom. The SMILES string of the molecule is CCCS(=O)(=O)Nc1ccc(Cl)c(C(F)(F)F)c1. The van der Waals surface area contributed by atoms with Crippen LogP contribution < -0.4 is 4.72 Å².